The molecule has 0 atom stereocenters. The van der Waals surface area contributed by atoms with Gasteiger partial charge < -0.3 is 20.6 Å². The second kappa shape index (κ2) is 5.75. The number of rotatable bonds is 5. The van der Waals surface area contributed by atoms with Crippen LogP contribution in [0.15, 0.2) is 5.38 Å². The summed E-state index contributed by atoms with van der Waals surface area (Å²) < 4.78 is 0. The van der Waals surface area contributed by atoms with E-state index >= 15 is 0 Å². The molecule has 3 N–H and O–H groups in total. The zero-order valence-corrected chi connectivity index (χ0v) is 12.1. The van der Waals surface area contributed by atoms with E-state index in [0.29, 0.717) is 13.1 Å². The molecule has 1 aromatic rings. The van der Waals surface area contributed by atoms with Crippen molar-refractivity contribution < 1.29 is 9.90 Å². The lowest BCUT2D eigenvalue weighted by molar-refractivity contribution is -0.0290. The molecule has 1 heterocycles. The van der Waals surface area contributed by atoms with Crippen LogP contribution in [0.25, 0.3) is 0 Å². The molecule has 0 aromatic carbocycles. The molecule has 1 aromatic heterocycles. The predicted molar refractivity (Wildman–Crippen MR) is 75.5 cm³/mol. The van der Waals surface area contributed by atoms with E-state index < -0.39 is 5.60 Å². The van der Waals surface area contributed by atoms with Crippen molar-refractivity contribution in [1.82, 2.24) is 15.6 Å². The number of amides is 2. The predicted octanol–water partition coefficient (Wildman–Crippen LogP) is 0.923. The van der Waals surface area contributed by atoms with Crippen molar-refractivity contribution in [3.63, 3.8) is 0 Å². The highest BCUT2D eigenvalue weighted by Gasteiger charge is 2.34. The molecule has 0 aliphatic heterocycles. The zero-order valence-electron chi connectivity index (χ0n) is 11.3. The fraction of sp³-hybridized carbons (Fsp3) is 0.667. The number of aliphatic hydroxyl groups is 1. The molecule has 2 amide bonds. The number of carbonyl (C=O) groups excluding carboxylic acids is 1. The SMILES string of the molecule is CN(C)c1nc(CNC(=O)NCC2(O)CCC2)cs1. The summed E-state index contributed by atoms with van der Waals surface area (Å²) in [5.74, 6) is 0. The van der Waals surface area contributed by atoms with Crippen LogP contribution >= 0.6 is 11.3 Å². The van der Waals surface area contributed by atoms with E-state index in [1.165, 1.54) is 0 Å². The number of aromatic nitrogens is 1. The van der Waals surface area contributed by atoms with E-state index in [0.717, 1.165) is 30.1 Å². The number of urea groups is 1. The third kappa shape index (κ3) is 3.81. The lowest BCUT2D eigenvalue weighted by Crippen LogP contribution is -2.49. The molecule has 0 radical (unpaired) electrons. The van der Waals surface area contributed by atoms with Gasteiger partial charge in [-0.05, 0) is 19.3 Å². The maximum atomic E-state index is 11.6. The number of nitrogens with one attached hydrogen (secondary N) is 2. The fourth-order valence-corrected chi connectivity index (χ4v) is 2.58. The van der Waals surface area contributed by atoms with Gasteiger partial charge in [0.25, 0.3) is 0 Å². The van der Waals surface area contributed by atoms with E-state index in [1.807, 2.05) is 24.4 Å². The summed E-state index contributed by atoms with van der Waals surface area (Å²) >= 11 is 1.54. The van der Waals surface area contributed by atoms with Crippen molar-refractivity contribution in [3.8, 4) is 0 Å². The van der Waals surface area contributed by atoms with Gasteiger partial charge in [0, 0.05) is 26.0 Å². The van der Waals surface area contributed by atoms with Gasteiger partial charge in [-0.2, -0.15) is 0 Å². The Labute approximate surface area is 116 Å². The Morgan fingerprint density at radius 2 is 2.26 bits per heavy atom. The molecule has 0 spiro atoms. The summed E-state index contributed by atoms with van der Waals surface area (Å²) in [6, 6.07) is -0.264. The highest BCUT2D eigenvalue weighted by atomic mass is 32.1. The maximum absolute atomic E-state index is 11.6. The van der Waals surface area contributed by atoms with Crippen molar-refractivity contribution in [2.45, 2.75) is 31.4 Å². The van der Waals surface area contributed by atoms with Gasteiger partial charge in [0.15, 0.2) is 5.13 Å². The molecule has 0 unspecified atom stereocenters. The van der Waals surface area contributed by atoms with Gasteiger partial charge in [0.1, 0.15) is 0 Å². The van der Waals surface area contributed by atoms with Crippen molar-refractivity contribution in [2.75, 3.05) is 25.5 Å². The molecule has 1 saturated carbocycles. The number of carbonyl (C=O) groups is 1. The minimum Gasteiger partial charge on any atom is -0.388 e. The second-order valence-corrected chi connectivity index (χ2v) is 5.97. The van der Waals surface area contributed by atoms with Crippen LogP contribution in [0.2, 0.25) is 0 Å². The summed E-state index contributed by atoms with van der Waals surface area (Å²) in [6.07, 6.45) is 2.57. The molecule has 6 nitrogen and oxygen atoms in total. The molecule has 2 rings (SSSR count). The van der Waals surface area contributed by atoms with Crippen LogP contribution < -0.4 is 15.5 Å². The number of nitrogens with zero attached hydrogens (tertiary/aromatic N) is 2. The lowest BCUT2D eigenvalue weighted by atomic mass is 9.80. The Kier molecular flexibility index (Phi) is 4.26. The number of anilines is 1. The highest BCUT2D eigenvalue weighted by Crippen LogP contribution is 2.30. The van der Waals surface area contributed by atoms with Crippen LogP contribution in [-0.2, 0) is 6.54 Å². The van der Waals surface area contributed by atoms with Crippen LogP contribution in [0.4, 0.5) is 9.93 Å². The van der Waals surface area contributed by atoms with Crippen molar-refractivity contribution >= 4 is 22.5 Å². The lowest BCUT2D eigenvalue weighted by Gasteiger charge is -2.36. The molecular formula is C12H20N4O2S. The van der Waals surface area contributed by atoms with Crippen molar-refractivity contribution in [1.29, 1.82) is 0 Å². The molecule has 19 heavy (non-hydrogen) atoms. The molecule has 0 bridgehead atoms. The van der Waals surface area contributed by atoms with E-state index in [9.17, 15) is 9.90 Å². The van der Waals surface area contributed by atoms with Gasteiger partial charge in [-0.1, -0.05) is 0 Å². The molecule has 1 aliphatic rings. The summed E-state index contributed by atoms with van der Waals surface area (Å²) in [6.45, 7) is 0.716. The van der Waals surface area contributed by atoms with E-state index in [1.54, 1.807) is 11.3 Å². The first kappa shape index (κ1) is 14.1. The Balaban J connectivity index is 1.70. The molecule has 7 heteroatoms. The van der Waals surface area contributed by atoms with Gasteiger partial charge in [0.05, 0.1) is 17.8 Å². The van der Waals surface area contributed by atoms with Crippen LogP contribution in [0.5, 0.6) is 0 Å². The first-order valence-electron chi connectivity index (χ1n) is 6.34. The monoisotopic (exact) mass is 284 g/mol. The highest BCUT2D eigenvalue weighted by molar-refractivity contribution is 7.13. The first-order chi connectivity index (χ1) is 8.98. The molecule has 0 saturated heterocycles. The van der Waals surface area contributed by atoms with Crippen LogP contribution in [0.1, 0.15) is 25.0 Å². The Morgan fingerprint density at radius 1 is 1.53 bits per heavy atom. The van der Waals surface area contributed by atoms with Crippen LogP contribution in [-0.4, -0.2) is 42.4 Å². The normalized spacial score (nSPS) is 16.6. The van der Waals surface area contributed by atoms with Crippen LogP contribution in [0, 0.1) is 0 Å². The number of hydrogen-bond donors (Lipinski definition) is 3. The maximum Gasteiger partial charge on any atom is 0.315 e. The van der Waals surface area contributed by atoms with E-state index in [2.05, 4.69) is 15.6 Å². The zero-order chi connectivity index (χ0) is 13.9. The largest absolute Gasteiger partial charge is 0.388 e. The molecule has 1 aliphatic carbocycles. The number of hydrogen-bond acceptors (Lipinski definition) is 5. The smallest absolute Gasteiger partial charge is 0.315 e. The summed E-state index contributed by atoms with van der Waals surface area (Å²) in [7, 11) is 3.87. The average molecular weight is 284 g/mol. The van der Waals surface area contributed by atoms with Crippen molar-refractivity contribution in [3.05, 3.63) is 11.1 Å². The van der Waals surface area contributed by atoms with Gasteiger partial charge in [-0.3, -0.25) is 0 Å². The molecular weight excluding hydrogens is 264 g/mol. The minimum absolute atomic E-state index is 0.264. The van der Waals surface area contributed by atoms with Gasteiger partial charge in [-0.25, -0.2) is 9.78 Å². The van der Waals surface area contributed by atoms with E-state index in [-0.39, 0.29) is 6.03 Å². The van der Waals surface area contributed by atoms with Crippen molar-refractivity contribution in [2.24, 2.45) is 0 Å². The second-order valence-electron chi connectivity index (χ2n) is 5.13. The summed E-state index contributed by atoms with van der Waals surface area (Å²) in [4.78, 5) is 17.9. The molecule has 1 fully saturated rings. The number of thiazole rings is 1. The van der Waals surface area contributed by atoms with Gasteiger partial charge in [0.2, 0.25) is 0 Å². The topological polar surface area (TPSA) is 77.5 Å². The van der Waals surface area contributed by atoms with E-state index in [4.69, 9.17) is 0 Å². The fourth-order valence-electron chi connectivity index (χ4n) is 1.82. The van der Waals surface area contributed by atoms with Gasteiger partial charge in [-0.15, -0.1) is 11.3 Å². The average Bonchev–Trinajstić information content (AvgIpc) is 2.80. The summed E-state index contributed by atoms with van der Waals surface area (Å²) in [5.41, 5.74) is 0.155. The standard InChI is InChI=1S/C12H20N4O2S/c1-16(2)11-15-9(7-19-11)6-13-10(17)14-8-12(18)4-3-5-12/h7,18H,3-6,8H2,1-2H3,(H2,13,14,17). The van der Waals surface area contributed by atoms with Crippen LogP contribution in [0.3, 0.4) is 0 Å². The third-order valence-corrected chi connectivity index (χ3v) is 4.27. The Bertz CT molecular complexity index is 443. The minimum atomic E-state index is -0.684. The van der Waals surface area contributed by atoms with Gasteiger partial charge >= 0.3 is 6.03 Å². The summed E-state index contributed by atoms with van der Waals surface area (Å²) in [5, 5.41) is 18.1. The quantitative estimate of drug-likeness (QED) is 0.751. The molecule has 106 valence electrons. The Morgan fingerprint density at radius 3 is 2.79 bits per heavy atom. The first-order valence-corrected chi connectivity index (χ1v) is 7.22. The third-order valence-electron chi connectivity index (χ3n) is 3.21. The Hall–Kier alpha value is -1.34.